The lowest BCUT2D eigenvalue weighted by atomic mass is 9.29. The van der Waals surface area contributed by atoms with Gasteiger partial charge in [0, 0.05) is 68.3 Å². The first-order valence-electron chi connectivity index (χ1n) is 24.7. The number of hydrogen-bond donors (Lipinski definition) is 0. The van der Waals surface area contributed by atoms with Crippen LogP contribution in [-0.2, 0) is 0 Å². The van der Waals surface area contributed by atoms with E-state index in [1.54, 1.807) is 0 Å². The molecule has 1 aliphatic carbocycles. The number of allylic oxidation sites excluding steroid dienone is 1. The van der Waals surface area contributed by atoms with Crippen LogP contribution in [0.15, 0.2) is 200 Å². The molecule has 0 saturated carbocycles. The molecule has 9 aromatic carbocycles. The highest BCUT2D eigenvalue weighted by Crippen LogP contribution is 2.51. The maximum atomic E-state index is 2.67. The Morgan fingerprint density at radius 1 is 0.449 bits per heavy atom. The molecule has 10 aromatic rings. The van der Waals surface area contributed by atoms with Gasteiger partial charge >= 0.3 is 0 Å². The number of nitrogens with zero attached hydrogens (tertiary/aromatic N) is 3. The van der Waals surface area contributed by atoms with Gasteiger partial charge in [-0.05, 0) is 126 Å². The van der Waals surface area contributed by atoms with Gasteiger partial charge in [-0.1, -0.05) is 179 Å². The van der Waals surface area contributed by atoms with E-state index in [1.807, 2.05) is 0 Å². The summed E-state index contributed by atoms with van der Waals surface area (Å²) in [5, 5.41) is 1.32. The minimum absolute atomic E-state index is 0.0478. The minimum atomic E-state index is -0.0478. The Labute approximate surface area is 404 Å². The van der Waals surface area contributed by atoms with E-state index in [-0.39, 0.29) is 19.3 Å². The quantitative estimate of drug-likeness (QED) is 0.163. The zero-order valence-corrected chi connectivity index (χ0v) is 39.0. The first-order chi connectivity index (χ1) is 34.0. The van der Waals surface area contributed by atoms with E-state index in [1.165, 1.54) is 128 Å². The summed E-state index contributed by atoms with van der Waals surface area (Å²) in [4.78, 5) is 5.15. The van der Waals surface area contributed by atoms with E-state index in [9.17, 15) is 0 Å². The van der Waals surface area contributed by atoms with E-state index >= 15 is 0 Å². The largest absolute Gasteiger partial charge is 0.312 e. The van der Waals surface area contributed by atoms with Crippen molar-refractivity contribution in [2.24, 2.45) is 0 Å². The fourth-order valence-corrected chi connectivity index (χ4v) is 13.9. The van der Waals surface area contributed by atoms with Crippen LogP contribution in [0.25, 0.3) is 22.7 Å². The van der Waals surface area contributed by atoms with Gasteiger partial charge in [-0.3, -0.25) is 0 Å². The predicted octanol–water partition coefficient (Wildman–Crippen LogP) is 11.5. The van der Waals surface area contributed by atoms with Crippen molar-refractivity contribution in [3.05, 3.63) is 250 Å². The molecular weight excluding hydrogens is 832 g/mol. The van der Waals surface area contributed by atoms with Gasteiger partial charge in [0.15, 0.2) is 0 Å². The van der Waals surface area contributed by atoms with Crippen LogP contribution in [0.5, 0.6) is 0 Å². The zero-order chi connectivity index (χ0) is 45.6. The molecule has 0 amide bonds. The topological polar surface area (TPSA) is 11.4 Å². The molecule has 69 heavy (non-hydrogen) atoms. The number of aromatic nitrogens is 1. The van der Waals surface area contributed by atoms with Crippen LogP contribution >= 0.6 is 0 Å². The molecule has 3 nitrogen and oxygen atoms in total. The molecule has 5 heteroatoms. The number of fused-ring (bicyclic) bond motifs is 12. The van der Waals surface area contributed by atoms with Gasteiger partial charge in [0.05, 0.1) is 5.52 Å². The van der Waals surface area contributed by atoms with Crippen molar-refractivity contribution in [1.29, 1.82) is 0 Å². The second-order valence-corrected chi connectivity index (χ2v) is 20.1. The summed E-state index contributed by atoms with van der Waals surface area (Å²) in [6.07, 6.45) is 5.83. The van der Waals surface area contributed by atoms with Crippen LogP contribution in [0.3, 0.4) is 0 Å². The normalized spacial score (nSPS) is 16.4. The fraction of sp³-hybridized carbons (Fsp3) is 0.0938. The van der Waals surface area contributed by atoms with E-state index in [4.69, 9.17) is 0 Å². The van der Waals surface area contributed by atoms with Gasteiger partial charge in [-0.25, -0.2) is 0 Å². The Hall–Kier alpha value is -8.01. The summed E-state index contributed by atoms with van der Waals surface area (Å²) in [6.45, 7) is 6.89. The third-order valence-corrected chi connectivity index (χ3v) is 16.3. The minimum Gasteiger partial charge on any atom is -0.312 e. The van der Waals surface area contributed by atoms with Gasteiger partial charge < -0.3 is 14.4 Å². The summed E-state index contributed by atoms with van der Waals surface area (Å²) in [7, 11) is 0. The Morgan fingerprint density at radius 3 is 1.74 bits per heavy atom. The monoisotopic (exact) mass is 879 g/mol. The van der Waals surface area contributed by atoms with Crippen molar-refractivity contribution in [1.82, 2.24) is 4.57 Å². The number of anilines is 6. The number of hydrogen-bond acceptors (Lipinski definition) is 2. The average molecular weight is 880 g/mol. The molecule has 5 aliphatic rings. The van der Waals surface area contributed by atoms with Crippen LogP contribution in [0.1, 0.15) is 68.5 Å². The lowest BCUT2D eigenvalue weighted by Gasteiger charge is -2.45. The molecule has 0 saturated heterocycles. The maximum Gasteiger partial charge on any atom is 0.252 e. The molecule has 0 radical (unpaired) electrons. The van der Waals surface area contributed by atoms with Gasteiger partial charge in [-0.2, -0.15) is 0 Å². The van der Waals surface area contributed by atoms with Crippen LogP contribution in [0, 0.1) is 20.8 Å². The highest BCUT2D eigenvalue weighted by molar-refractivity contribution is 7.01. The van der Waals surface area contributed by atoms with Gasteiger partial charge in [0.25, 0.3) is 6.71 Å². The van der Waals surface area contributed by atoms with Crippen molar-refractivity contribution in [3.8, 4) is 5.69 Å². The summed E-state index contributed by atoms with van der Waals surface area (Å²) in [6, 6.07) is 74.2. The lowest BCUT2D eigenvalue weighted by Crippen LogP contribution is -2.64. The van der Waals surface area contributed by atoms with Crippen molar-refractivity contribution in [2.45, 2.75) is 39.0 Å². The third-order valence-electron chi connectivity index (χ3n) is 16.3. The van der Waals surface area contributed by atoms with Crippen molar-refractivity contribution < 1.29 is 0 Å². The molecule has 0 spiro atoms. The predicted molar refractivity (Wildman–Crippen MR) is 292 cm³/mol. The second-order valence-electron chi connectivity index (χ2n) is 20.1. The molecule has 0 N–H and O–H groups in total. The van der Waals surface area contributed by atoms with Crippen LogP contribution in [0.4, 0.5) is 34.1 Å². The van der Waals surface area contributed by atoms with Crippen LogP contribution in [-0.4, -0.2) is 18.0 Å². The van der Waals surface area contributed by atoms with Gasteiger partial charge in [-0.15, -0.1) is 0 Å². The van der Waals surface area contributed by atoms with Crippen molar-refractivity contribution in [2.75, 3.05) is 9.80 Å². The number of aryl methyl sites for hydroxylation is 3. The molecule has 1 aromatic heterocycles. The summed E-state index contributed by atoms with van der Waals surface area (Å²) >= 11 is 0. The molecule has 324 valence electrons. The maximum absolute atomic E-state index is 2.67. The van der Waals surface area contributed by atoms with E-state index in [2.05, 4.69) is 241 Å². The molecule has 4 aliphatic heterocycles. The Morgan fingerprint density at radius 2 is 1.03 bits per heavy atom. The first-order valence-corrected chi connectivity index (χ1v) is 24.7. The smallest absolute Gasteiger partial charge is 0.252 e. The van der Waals surface area contributed by atoms with Gasteiger partial charge in [0.2, 0.25) is 6.71 Å². The average Bonchev–Trinajstić information content (AvgIpc) is 3.90. The van der Waals surface area contributed by atoms with Crippen molar-refractivity contribution >= 4 is 97.3 Å². The fourth-order valence-electron chi connectivity index (χ4n) is 13.9. The van der Waals surface area contributed by atoms with Crippen LogP contribution < -0.4 is 42.6 Å². The molecule has 0 fully saturated rings. The molecule has 2 atom stereocenters. The molecule has 5 heterocycles. The number of para-hydroxylation sites is 3. The molecule has 15 rings (SSSR count). The summed E-state index contributed by atoms with van der Waals surface area (Å²) in [5.74, 6) is 0.407. The standard InChI is InChI=1S/C64H47B2N3/c1-39-33-40(2)62(41(3)34-39)65-51-29-15-13-26-48(51)61(42-19-7-4-8-20-42)50-35-53-60(37-52(50)65)68(44-23-11-6-12-24-44)57-32-18-31-56-63(57)66(53)54-38-58-49(36-59(54)67(56)43-21-9-5-10-22-43)47-28-17-27-46-45-25-14-16-30-55(45)69(58)64(46)47/h4-26,28-38,46,61H,27H2,1-3H3. The highest BCUT2D eigenvalue weighted by Gasteiger charge is 2.47. The summed E-state index contributed by atoms with van der Waals surface area (Å²) < 4.78 is 2.62. The highest BCUT2D eigenvalue weighted by atomic mass is 15.2. The number of rotatable bonds is 4. The van der Waals surface area contributed by atoms with E-state index in [0.717, 1.165) is 12.1 Å². The SMILES string of the molecule is Cc1cc(C)c(B2c3ccccc3C(c3ccccc3)c3cc4c(cc32)N(c2ccccc2)c2cccc3c2B4c2cc4c(cc2N3c2ccccc2)c2c3n4-c4ccccc4C3CC=C2)c(C)c1. The summed E-state index contributed by atoms with van der Waals surface area (Å²) in [5.41, 5.74) is 30.4. The molecule has 2 unspecified atom stereocenters. The lowest BCUT2D eigenvalue weighted by molar-refractivity contribution is 0.820. The number of benzene rings is 9. The molecular formula is C64H47B2N3. The Kier molecular flexibility index (Phi) is 8.20. The van der Waals surface area contributed by atoms with E-state index in [0.29, 0.717) is 5.92 Å². The van der Waals surface area contributed by atoms with Gasteiger partial charge in [0.1, 0.15) is 0 Å². The zero-order valence-electron chi connectivity index (χ0n) is 39.0. The van der Waals surface area contributed by atoms with Crippen LogP contribution in [0.2, 0.25) is 0 Å². The third kappa shape index (κ3) is 5.36. The van der Waals surface area contributed by atoms with E-state index < -0.39 is 0 Å². The molecule has 0 bridgehead atoms. The Balaban J connectivity index is 1.08. The Bertz CT molecular complexity index is 3810. The second kappa shape index (κ2) is 14.5. The van der Waals surface area contributed by atoms with Crippen molar-refractivity contribution in [3.63, 3.8) is 0 Å². The first kappa shape index (κ1) is 39.0.